The quantitative estimate of drug-likeness (QED) is 0.335. The van der Waals surface area contributed by atoms with E-state index in [-0.39, 0.29) is 16.5 Å². The summed E-state index contributed by atoms with van der Waals surface area (Å²) in [5.74, 6) is 0.206. The lowest BCUT2D eigenvalue weighted by Crippen LogP contribution is -2.09. The van der Waals surface area contributed by atoms with Gasteiger partial charge in [-0.2, -0.15) is 0 Å². The third kappa shape index (κ3) is 5.05. The van der Waals surface area contributed by atoms with Crippen molar-refractivity contribution in [3.63, 3.8) is 0 Å². The molecule has 0 unspecified atom stereocenters. The number of nitrogens with one attached hydrogen (secondary N) is 1. The highest BCUT2D eigenvalue weighted by molar-refractivity contribution is 7.99. The number of benzene rings is 1. The van der Waals surface area contributed by atoms with E-state index in [0.29, 0.717) is 18.2 Å². The maximum atomic E-state index is 11.4. The minimum absolute atomic E-state index is 0.134. The lowest BCUT2D eigenvalue weighted by molar-refractivity contribution is -0.387. The van der Waals surface area contributed by atoms with Gasteiger partial charge in [0, 0.05) is 30.2 Å². The van der Waals surface area contributed by atoms with Gasteiger partial charge in [-0.05, 0) is 30.7 Å². The van der Waals surface area contributed by atoms with Gasteiger partial charge in [-0.3, -0.25) is 10.1 Å². The van der Waals surface area contributed by atoms with Gasteiger partial charge in [0.1, 0.15) is 6.33 Å². The van der Waals surface area contributed by atoms with Crippen LogP contribution in [0.2, 0.25) is 5.02 Å². The van der Waals surface area contributed by atoms with Gasteiger partial charge in [0.05, 0.1) is 4.92 Å². The maximum absolute atomic E-state index is 11.4. The molecule has 0 saturated heterocycles. The van der Waals surface area contributed by atoms with E-state index in [1.165, 1.54) is 18.1 Å². The van der Waals surface area contributed by atoms with Gasteiger partial charge in [-0.25, -0.2) is 9.97 Å². The van der Waals surface area contributed by atoms with Crippen LogP contribution in [-0.2, 0) is 4.74 Å². The molecule has 2 aromatic rings. The second-order valence-electron chi connectivity index (χ2n) is 4.46. The van der Waals surface area contributed by atoms with Crippen molar-refractivity contribution in [2.45, 2.75) is 16.3 Å². The van der Waals surface area contributed by atoms with Crippen molar-refractivity contribution in [2.24, 2.45) is 0 Å². The molecule has 0 aliphatic carbocycles. The van der Waals surface area contributed by atoms with Crippen LogP contribution >= 0.6 is 23.4 Å². The molecule has 23 heavy (non-hydrogen) atoms. The molecule has 2 rings (SSSR count). The van der Waals surface area contributed by atoms with Gasteiger partial charge >= 0.3 is 5.69 Å². The number of anilines is 1. The molecule has 0 aliphatic rings. The van der Waals surface area contributed by atoms with Crippen LogP contribution in [0.1, 0.15) is 6.42 Å². The minimum atomic E-state index is -0.475. The Hall–Kier alpha value is -1.90. The fraction of sp³-hybridized carbons (Fsp3) is 0.286. The van der Waals surface area contributed by atoms with Gasteiger partial charge in [-0.15, -0.1) is 0 Å². The summed E-state index contributed by atoms with van der Waals surface area (Å²) in [6, 6.07) is 7.01. The first-order valence-electron chi connectivity index (χ1n) is 6.77. The molecule has 0 amide bonds. The molecule has 9 heteroatoms. The van der Waals surface area contributed by atoms with Crippen LogP contribution in [0.3, 0.4) is 0 Å². The minimum Gasteiger partial charge on any atom is -0.385 e. The molecule has 0 spiro atoms. The second kappa shape index (κ2) is 8.66. The summed E-state index contributed by atoms with van der Waals surface area (Å²) in [5.41, 5.74) is -0.134. The van der Waals surface area contributed by atoms with Crippen LogP contribution in [0, 0.1) is 10.1 Å². The van der Waals surface area contributed by atoms with Crippen molar-refractivity contribution < 1.29 is 9.66 Å². The van der Waals surface area contributed by atoms with E-state index in [1.54, 1.807) is 31.4 Å². The maximum Gasteiger partial charge on any atom is 0.343 e. The number of nitro groups is 1. The first kappa shape index (κ1) is 17.5. The summed E-state index contributed by atoms with van der Waals surface area (Å²) in [6.45, 7) is 1.09. The molecule has 0 aliphatic heterocycles. The number of hydrogen-bond donors (Lipinski definition) is 1. The molecule has 0 atom stereocenters. The van der Waals surface area contributed by atoms with E-state index in [1.807, 2.05) is 0 Å². The molecule has 0 saturated carbocycles. The summed E-state index contributed by atoms with van der Waals surface area (Å²) in [7, 11) is 1.61. The summed E-state index contributed by atoms with van der Waals surface area (Å²) >= 11 is 7.03. The molecule has 7 nitrogen and oxygen atoms in total. The van der Waals surface area contributed by atoms with Crippen molar-refractivity contribution in [3.8, 4) is 0 Å². The summed E-state index contributed by atoms with van der Waals surface area (Å²) < 4.78 is 4.95. The molecule has 1 aromatic carbocycles. The highest BCUT2D eigenvalue weighted by Gasteiger charge is 2.23. The number of rotatable bonds is 8. The Morgan fingerprint density at radius 1 is 1.35 bits per heavy atom. The average molecular weight is 355 g/mol. The SMILES string of the molecule is COCCCNc1ncnc(Sc2ccc(Cl)cc2)c1[N+](=O)[O-]. The van der Waals surface area contributed by atoms with Crippen molar-refractivity contribution in [2.75, 3.05) is 25.6 Å². The molecular formula is C14H15ClN4O3S. The van der Waals surface area contributed by atoms with Crippen LogP contribution in [0.15, 0.2) is 40.5 Å². The topological polar surface area (TPSA) is 90.2 Å². The first-order chi connectivity index (χ1) is 11.1. The largest absolute Gasteiger partial charge is 0.385 e. The monoisotopic (exact) mass is 354 g/mol. The third-order valence-electron chi connectivity index (χ3n) is 2.82. The van der Waals surface area contributed by atoms with E-state index in [0.717, 1.165) is 11.3 Å². The third-order valence-corrected chi connectivity index (χ3v) is 4.07. The van der Waals surface area contributed by atoms with Gasteiger partial charge in [0.25, 0.3) is 0 Å². The van der Waals surface area contributed by atoms with Crippen LogP contribution in [0.4, 0.5) is 11.5 Å². The second-order valence-corrected chi connectivity index (χ2v) is 5.96. The standard InChI is InChI=1S/C14H15ClN4O3S/c1-22-8-2-7-16-13-12(19(20)21)14(18-9-17-13)23-11-5-3-10(15)4-6-11/h3-6,9H,2,7-8H2,1H3,(H,16,17,18). The van der Waals surface area contributed by atoms with E-state index >= 15 is 0 Å². The van der Waals surface area contributed by atoms with Gasteiger partial charge in [0.15, 0.2) is 5.03 Å². The summed E-state index contributed by atoms with van der Waals surface area (Å²) in [4.78, 5) is 19.7. The molecular weight excluding hydrogens is 340 g/mol. The molecule has 0 bridgehead atoms. The molecule has 1 aromatic heterocycles. The molecule has 0 fully saturated rings. The van der Waals surface area contributed by atoms with Gasteiger partial charge in [0.2, 0.25) is 5.82 Å². The average Bonchev–Trinajstić information content (AvgIpc) is 2.53. The predicted octanol–water partition coefficient (Wildman–Crippen LogP) is 3.64. The fourth-order valence-electron chi connectivity index (χ4n) is 1.77. The van der Waals surface area contributed by atoms with E-state index in [9.17, 15) is 10.1 Å². The number of aromatic nitrogens is 2. The Kier molecular flexibility index (Phi) is 6.57. The molecule has 122 valence electrons. The Balaban J connectivity index is 2.21. The lowest BCUT2D eigenvalue weighted by Gasteiger charge is -2.08. The van der Waals surface area contributed by atoms with Crippen molar-refractivity contribution in [1.29, 1.82) is 0 Å². The zero-order chi connectivity index (χ0) is 16.7. The van der Waals surface area contributed by atoms with E-state index < -0.39 is 4.92 Å². The zero-order valence-electron chi connectivity index (χ0n) is 12.4. The van der Waals surface area contributed by atoms with Crippen molar-refractivity contribution in [3.05, 3.63) is 45.7 Å². The Bertz CT molecular complexity index is 670. The van der Waals surface area contributed by atoms with Crippen LogP contribution in [0.25, 0.3) is 0 Å². The highest BCUT2D eigenvalue weighted by Crippen LogP contribution is 2.36. The molecule has 1 heterocycles. The lowest BCUT2D eigenvalue weighted by atomic mass is 10.4. The smallest absolute Gasteiger partial charge is 0.343 e. The van der Waals surface area contributed by atoms with Crippen molar-refractivity contribution >= 4 is 34.9 Å². The zero-order valence-corrected chi connectivity index (χ0v) is 13.9. The number of nitrogens with zero attached hydrogens (tertiary/aromatic N) is 3. The van der Waals surface area contributed by atoms with Crippen molar-refractivity contribution in [1.82, 2.24) is 9.97 Å². The molecule has 1 N–H and O–H groups in total. The number of ether oxygens (including phenoxy) is 1. The van der Waals surface area contributed by atoms with Crippen LogP contribution < -0.4 is 5.32 Å². The highest BCUT2D eigenvalue weighted by atomic mass is 35.5. The first-order valence-corrected chi connectivity index (χ1v) is 7.97. The van der Waals surface area contributed by atoms with Crippen LogP contribution in [-0.4, -0.2) is 35.2 Å². The predicted molar refractivity (Wildman–Crippen MR) is 89.2 cm³/mol. The normalized spacial score (nSPS) is 10.5. The van der Waals surface area contributed by atoms with E-state index in [4.69, 9.17) is 16.3 Å². The number of halogens is 1. The number of hydrogen-bond acceptors (Lipinski definition) is 7. The van der Waals surface area contributed by atoms with Gasteiger partial charge in [-0.1, -0.05) is 23.4 Å². The fourth-order valence-corrected chi connectivity index (χ4v) is 2.76. The Morgan fingerprint density at radius 2 is 2.09 bits per heavy atom. The van der Waals surface area contributed by atoms with Crippen LogP contribution in [0.5, 0.6) is 0 Å². The summed E-state index contributed by atoms with van der Waals surface area (Å²) in [6.07, 6.45) is 2.03. The van der Waals surface area contributed by atoms with Gasteiger partial charge < -0.3 is 10.1 Å². The Morgan fingerprint density at radius 3 is 2.74 bits per heavy atom. The number of methoxy groups -OCH3 is 1. The summed E-state index contributed by atoms with van der Waals surface area (Å²) in [5, 5.41) is 15.2. The molecule has 0 radical (unpaired) electrons. The van der Waals surface area contributed by atoms with E-state index in [2.05, 4.69) is 15.3 Å². The Labute approximate surface area is 142 Å².